The zero-order valence-corrected chi connectivity index (χ0v) is 9.59. The van der Waals surface area contributed by atoms with Gasteiger partial charge in [-0.3, -0.25) is 4.79 Å². The molecule has 1 aliphatic carbocycles. The molecule has 3 atom stereocenters. The molecule has 0 amide bonds. The minimum atomic E-state index is -0.644. The van der Waals surface area contributed by atoms with Crippen molar-refractivity contribution < 1.29 is 14.3 Å². The lowest BCUT2D eigenvalue weighted by molar-refractivity contribution is -0.123. The number of hydrogen-bond donors (Lipinski definition) is 0. The number of epoxide rings is 2. The Bertz CT molecular complexity index is 384. The first-order valence-corrected chi connectivity index (χ1v) is 5.40. The highest BCUT2D eigenvalue weighted by molar-refractivity contribution is 6.07. The van der Waals surface area contributed by atoms with Crippen molar-refractivity contribution in [2.24, 2.45) is 5.41 Å². The molecule has 0 bridgehead atoms. The number of fused-ring (bicyclic) bond motifs is 2. The van der Waals surface area contributed by atoms with E-state index in [1.807, 2.05) is 13.0 Å². The molecule has 3 heteroatoms. The number of carbonyl (C=O) groups excluding carboxylic acids is 1. The molecule has 15 heavy (non-hydrogen) atoms. The molecule has 0 unspecified atom stereocenters. The average molecular weight is 208 g/mol. The highest BCUT2D eigenvalue weighted by Gasteiger charge is 2.78. The lowest BCUT2D eigenvalue weighted by Gasteiger charge is -2.28. The van der Waals surface area contributed by atoms with Gasteiger partial charge >= 0.3 is 0 Å². The van der Waals surface area contributed by atoms with Gasteiger partial charge in [-0.1, -0.05) is 20.8 Å². The maximum Gasteiger partial charge on any atom is 0.196 e. The average Bonchev–Trinajstić information content (AvgIpc) is 2.92. The predicted octanol–water partition coefficient (Wildman–Crippen LogP) is 1.47. The summed E-state index contributed by atoms with van der Waals surface area (Å²) >= 11 is 0. The zero-order valence-electron chi connectivity index (χ0n) is 9.59. The van der Waals surface area contributed by atoms with E-state index >= 15 is 0 Å². The lowest BCUT2D eigenvalue weighted by atomic mass is 9.71. The topological polar surface area (TPSA) is 42.1 Å². The highest BCUT2D eigenvalue weighted by atomic mass is 16.7. The third-order valence-electron chi connectivity index (χ3n) is 3.83. The maximum absolute atomic E-state index is 12.3. The number of carbonyl (C=O) groups is 1. The first-order chi connectivity index (χ1) is 6.81. The smallest absolute Gasteiger partial charge is 0.196 e. The first kappa shape index (κ1) is 9.55. The van der Waals surface area contributed by atoms with Crippen LogP contribution < -0.4 is 0 Å². The summed E-state index contributed by atoms with van der Waals surface area (Å²) < 4.78 is 11.0. The molecule has 0 aromatic carbocycles. The maximum atomic E-state index is 12.3. The third-order valence-corrected chi connectivity index (χ3v) is 3.83. The van der Waals surface area contributed by atoms with Crippen LogP contribution in [0.25, 0.3) is 0 Å². The largest absolute Gasteiger partial charge is 0.358 e. The molecular weight excluding hydrogens is 192 g/mol. The number of Topliss-reactive ketones (excluding diaryl/α,β-unsaturated/α-hetero) is 1. The van der Waals surface area contributed by atoms with Gasteiger partial charge in [-0.2, -0.15) is 0 Å². The fraction of sp³-hybridized carbons (Fsp3) is 0.750. The third kappa shape index (κ3) is 0.955. The quantitative estimate of drug-likeness (QED) is 0.566. The van der Waals surface area contributed by atoms with Gasteiger partial charge in [0.25, 0.3) is 0 Å². The van der Waals surface area contributed by atoms with Crippen LogP contribution in [0.1, 0.15) is 27.7 Å². The van der Waals surface area contributed by atoms with Crippen molar-refractivity contribution in [2.75, 3.05) is 6.61 Å². The van der Waals surface area contributed by atoms with Crippen LogP contribution in [0.4, 0.5) is 0 Å². The van der Waals surface area contributed by atoms with Crippen molar-refractivity contribution in [3.05, 3.63) is 11.6 Å². The monoisotopic (exact) mass is 208 g/mol. The van der Waals surface area contributed by atoms with Gasteiger partial charge in [0.05, 0.1) is 6.61 Å². The van der Waals surface area contributed by atoms with Gasteiger partial charge in [-0.25, -0.2) is 0 Å². The Hall–Kier alpha value is -0.670. The molecule has 2 aliphatic heterocycles. The summed E-state index contributed by atoms with van der Waals surface area (Å²) in [5, 5.41) is 0. The van der Waals surface area contributed by atoms with Crippen molar-refractivity contribution in [2.45, 2.75) is 45.0 Å². The van der Waals surface area contributed by atoms with Crippen molar-refractivity contribution in [3.8, 4) is 0 Å². The SMILES string of the molecule is CC(C)(C)C1=C[C@@H]2O[C@]2(C)[C@@]2(CO2)C1=O. The highest BCUT2D eigenvalue weighted by Crippen LogP contribution is 2.59. The van der Waals surface area contributed by atoms with Crippen molar-refractivity contribution in [3.63, 3.8) is 0 Å². The molecule has 0 aromatic heterocycles. The second kappa shape index (κ2) is 2.20. The Morgan fingerprint density at radius 1 is 1.47 bits per heavy atom. The standard InChI is InChI=1S/C12H16O3/c1-10(2,3)7-5-8-11(4,15-8)12(6-14-12)9(7)13/h5,8H,6H2,1-4H3/t8-,11-,12+/m0/s1. The van der Waals surface area contributed by atoms with Gasteiger partial charge in [-0.15, -0.1) is 0 Å². The Kier molecular flexibility index (Phi) is 1.40. The molecule has 0 aromatic rings. The first-order valence-electron chi connectivity index (χ1n) is 5.40. The summed E-state index contributed by atoms with van der Waals surface area (Å²) in [4.78, 5) is 12.3. The summed E-state index contributed by atoms with van der Waals surface area (Å²) in [6.07, 6.45) is 2.06. The van der Waals surface area contributed by atoms with E-state index in [1.165, 1.54) is 0 Å². The van der Waals surface area contributed by atoms with E-state index in [0.717, 1.165) is 5.57 Å². The minimum Gasteiger partial charge on any atom is -0.358 e. The van der Waals surface area contributed by atoms with E-state index in [-0.39, 0.29) is 22.9 Å². The summed E-state index contributed by atoms with van der Waals surface area (Å²) in [6.45, 7) is 8.65. The van der Waals surface area contributed by atoms with Gasteiger partial charge in [0.2, 0.25) is 0 Å². The zero-order chi connectivity index (χ0) is 11.1. The minimum absolute atomic E-state index is 0.0759. The Morgan fingerprint density at radius 2 is 2.07 bits per heavy atom. The second-order valence-corrected chi connectivity index (χ2v) is 5.92. The summed E-state index contributed by atoms with van der Waals surface area (Å²) in [5.41, 5.74) is -0.281. The van der Waals surface area contributed by atoms with Crippen LogP contribution in [0.5, 0.6) is 0 Å². The molecule has 3 aliphatic rings. The normalized spacial score (nSPS) is 47.6. The molecule has 3 rings (SSSR count). The Morgan fingerprint density at radius 3 is 2.53 bits per heavy atom. The second-order valence-electron chi connectivity index (χ2n) is 5.92. The Balaban J connectivity index is 2.07. The van der Waals surface area contributed by atoms with E-state index in [4.69, 9.17) is 9.47 Å². The van der Waals surface area contributed by atoms with Crippen LogP contribution in [0.3, 0.4) is 0 Å². The van der Waals surface area contributed by atoms with E-state index in [0.29, 0.717) is 6.61 Å². The molecule has 3 nitrogen and oxygen atoms in total. The van der Waals surface area contributed by atoms with Crippen molar-refractivity contribution in [1.82, 2.24) is 0 Å². The molecular formula is C12H16O3. The number of ketones is 1. The van der Waals surface area contributed by atoms with Gasteiger partial charge in [0, 0.05) is 5.57 Å². The predicted molar refractivity (Wildman–Crippen MR) is 54.5 cm³/mol. The van der Waals surface area contributed by atoms with Crippen LogP contribution in [0, 0.1) is 5.41 Å². The number of hydrogen-bond acceptors (Lipinski definition) is 3. The van der Waals surface area contributed by atoms with E-state index in [9.17, 15) is 4.79 Å². The van der Waals surface area contributed by atoms with E-state index in [1.54, 1.807) is 0 Å². The molecule has 0 radical (unpaired) electrons. The van der Waals surface area contributed by atoms with E-state index in [2.05, 4.69) is 20.8 Å². The van der Waals surface area contributed by atoms with E-state index < -0.39 is 5.60 Å². The summed E-state index contributed by atoms with van der Waals surface area (Å²) in [6, 6.07) is 0. The molecule has 0 saturated carbocycles. The fourth-order valence-electron chi connectivity index (χ4n) is 2.50. The van der Waals surface area contributed by atoms with Crippen LogP contribution in [0.15, 0.2) is 11.6 Å². The van der Waals surface area contributed by atoms with Gasteiger partial charge < -0.3 is 9.47 Å². The number of rotatable bonds is 0. The van der Waals surface area contributed by atoms with Crippen LogP contribution in [-0.2, 0) is 14.3 Å². The van der Waals surface area contributed by atoms with Crippen molar-refractivity contribution in [1.29, 1.82) is 0 Å². The van der Waals surface area contributed by atoms with Crippen LogP contribution in [-0.4, -0.2) is 29.7 Å². The summed E-state index contributed by atoms with van der Waals surface area (Å²) in [5.74, 6) is 0.131. The number of ether oxygens (including phenoxy) is 2. The molecule has 1 spiro atoms. The van der Waals surface area contributed by atoms with Gasteiger partial charge in [0.1, 0.15) is 11.7 Å². The molecule has 0 N–H and O–H groups in total. The lowest BCUT2D eigenvalue weighted by Crippen LogP contribution is -2.46. The Labute approximate surface area is 89.4 Å². The summed E-state index contributed by atoms with van der Waals surface area (Å²) in [7, 11) is 0. The van der Waals surface area contributed by atoms with Gasteiger partial charge in [0.15, 0.2) is 11.4 Å². The van der Waals surface area contributed by atoms with Crippen LogP contribution >= 0.6 is 0 Å². The van der Waals surface area contributed by atoms with Crippen molar-refractivity contribution >= 4 is 5.78 Å². The molecule has 82 valence electrons. The van der Waals surface area contributed by atoms with Gasteiger partial charge in [-0.05, 0) is 18.4 Å². The molecule has 2 saturated heterocycles. The molecule has 2 fully saturated rings. The fourth-order valence-corrected chi connectivity index (χ4v) is 2.50. The van der Waals surface area contributed by atoms with Crippen LogP contribution in [0.2, 0.25) is 0 Å². The molecule has 2 heterocycles.